The summed E-state index contributed by atoms with van der Waals surface area (Å²) in [5, 5.41) is 0. The number of likely N-dealkylation sites (tertiary alicyclic amines) is 1. The summed E-state index contributed by atoms with van der Waals surface area (Å²) in [6, 6.07) is 10.9. The highest BCUT2D eigenvalue weighted by Gasteiger charge is 2.29. The van der Waals surface area contributed by atoms with E-state index in [1.807, 2.05) is 17.0 Å². The van der Waals surface area contributed by atoms with E-state index in [1.165, 1.54) is 0 Å². The topological polar surface area (TPSA) is 62.6 Å². The van der Waals surface area contributed by atoms with E-state index in [-0.39, 0.29) is 10.8 Å². The number of carbonyl (C=O) groups excluding carboxylic acids is 1. The Morgan fingerprint density at radius 2 is 1.48 bits per heavy atom. The molecule has 4 rings (SSSR count). The van der Waals surface area contributed by atoms with Crippen molar-refractivity contribution in [3.63, 3.8) is 0 Å². The molecule has 0 radical (unpaired) electrons. The molecule has 2 aliphatic rings. The van der Waals surface area contributed by atoms with Crippen molar-refractivity contribution in [2.75, 3.05) is 26.2 Å². The zero-order valence-electron chi connectivity index (χ0n) is 16.9. The number of amides is 1. The summed E-state index contributed by atoms with van der Waals surface area (Å²) in [4.78, 5) is 15.0. The van der Waals surface area contributed by atoms with Crippen LogP contribution in [0.25, 0.3) is 0 Å². The minimum Gasteiger partial charge on any atom is -0.351 e. The summed E-state index contributed by atoms with van der Waals surface area (Å²) in [6.07, 6.45) is 7.80. The fraction of sp³-hybridized carbons (Fsp3) is 0.500. The Kier molecular flexibility index (Phi) is 5.79. The number of hydrogen-bond acceptors (Lipinski definition) is 3. The molecule has 0 bridgehead atoms. The van der Waals surface area contributed by atoms with Gasteiger partial charge in [0.15, 0.2) is 0 Å². The second-order valence-corrected chi connectivity index (χ2v) is 10.2. The molecule has 0 N–H and O–H groups in total. The quantitative estimate of drug-likeness (QED) is 0.769. The molecule has 2 aliphatic heterocycles. The monoisotopic (exact) mass is 415 g/mol. The first-order valence-corrected chi connectivity index (χ1v) is 11.9. The first kappa shape index (κ1) is 20.2. The Morgan fingerprint density at radius 1 is 0.897 bits per heavy atom. The lowest BCUT2D eigenvalue weighted by molar-refractivity contribution is 0.0694. The molecule has 0 saturated carbocycles. The predicted octanol–water partition coefficient (Wildman–Crippen LogP) is 3.39. The van der Waals surface area contributed by atoms with E-state index in [2.05, 4.69) is 23.9 Å². The van der Waals surface area contributed by atoms with Gasteiger partial charge < -0.3 is 9.47 Å². The third kappa shape index (κ3) is 4.26. The van der Waals surface area contributed by atoms with Crippen LogP contribution in [-0.4, -0.2) is 54.3 Å². The zero-order valence-corrected chi connectivity index (χ0v) is 17.7. The molecule has 0 aliphatic carbocycles. The van der Waals surface area contributed by atoms with Gasteiger partial charge in [-0.1, -0.05) is 6.92 Å². The van der Waals surface area contributed by atoms with Gasteiger partial charge in [-0.2, -0.15) is 4.31 Å². The molecule has 3 heterocycles. The van der Waals surface area contributed by atoms with Crippen molar-refractivity contribution < 1.29 is 13.2 Å². The molecule has 0 atom stereocenters. The van der Waals surface area contributed by atoms with Gasteiger partial charge >= 0.3 is 0 Å². The number of carbonyl (C=O) groups is 1. The van der Waals surface area contributed by atoms with Gasteiger partial charge in [-0.05, 0) is 68.0 Å². The van der Waals surface area contributed by atoms with Crippen molar-refractivity contribution in [2.24, 2.45) is 5.92 Å². The average Bonchev–Trinajstić information content (AvgIpc) is 3.29. The molecule has 2 fully saturated rings. The minimum absolute atomic E-state index is 0.0216. The van der Waals surface area contributed by atoms with Gasteiger partial charge in [0.1, 0.15) is 0 Å². The molecule has 7 heteroatoms. The van der Waals surface area contributed by atoms with E-state index >= 15 is 0 Å². The fourth-order valence-electron chi connectivity index (χ4n) is 4.28. The van der Waals surface area contributed by atoms with Crippen LogP contribution in [0, 0.1) is 5.92 Å². The first-order chi connectivity index (χ1) is 13.9. The summed E-state index contributed by atoms with van der Waals surface area (Å²) in [5.41, 5.74) is 0.552. The lowest BCUT2D eigenvalue weighted by Gasteiger charge is -2.33. The molecule has 2 aromatic rings. The van der Waals surface area contributed by atoms with Crippen molar-refractivity contribution >= 4 is 15.9 Å². The smallest absolute Gasteiger partial charge is 0.253 e. The molecule has 29 heavy (non-hydrogen) atoms. The number of nitrogens with zero attached hydrogens (tertiary/aromatic N) is 3. The Bertz CT molecular complexity index is 922. The van der Waals surface area contributed by atoms with Gasteiger partial charge in [-0.3, -0.25) is 4.79 Å². The lowest BCUT2D eigenvalue weighted by atomic mass is 10.0. The Labute approximate surface area is 173 Å². The summed E-state index contributed by atoms with van der Waals surface area (Å²) in [7, 11) is -3.48. The summed E-state index contributed by atoms with van der Waals surface area (Å²) in [6.45, 7) is 4.73. The lowest BCUT2D eigenvalue weighted by Crippen LogP contribution is -2.39. The standard InChI is InChI=1S/C22H29N3O3S/c1-18-8-16-25(17-9-18)29(27,28)21-6-4-19(5-7-21)22(26)24-14-10-20(11-15-24)23-12-2-3-13-23/h2-7,12-13,18,20H,8-11,14-17H2,1H3. The highest BCUT2D eigenvalue weighted by atomic mass is 32.2. The molecule has 2 saturated heterocycles. The number of hydrogen-bond donors (Lipinski definition) is 0. The predicted molar refractivity (Wildman–Crippen MR) is 112 cm³/mol. The second-order valence-electron chi connectivity index (χ2n) is 8.26. The number of sulfonamides is 1. The molecule has 6 nitrogen and oxygen atoms in total. The van der Waals surface area contributed by atoms with Gasteiger partial charge in [0.25, 0.3) is 5.91 Å². The maximum Gasteiger partial charge on any atom is 0.253 e. The van der Waals surface area contributed by atoms with Gasteiger partial charge in [-0.25, -0.2) is 8.42 Å². The highest BCUT2D eigenvalue weighted by molar-refractivity contribution is 7.89. The van der Waals surface area contributed by atoms with Gasteiger partial charge in [-0.15, -0.1) is 0 Å². The molecule has 1 amide bonds. The number of piperidine rings is 2. The van der Waals surface area contributed by atoms with Crippen LogP contribution in [0.2, 0.25) is 0 Å². The van der Waals surface area contributed by atoms with E-state index in [0.29, 0.717) is 43.7 Å². The molecular formula is C22H29N3O3S. The van der Waals surface area contributed by atoms with Crippen LogP contribution in [0.1, 0.15) is 49.0 Å². The van der Waals surface area contributed by atoms with Crippen LogP contribution in [0.5, 0.6) is 0 Å². The third-order valence-corrected chi connectivity index (χ3v) is 8.20. The van der Waals surface area contributed by atoms with E-state index in [4.69, 9.17) is 0 Å². The second kappa shape index (κ2) is 8.32. The molecule has 1 aromatic carbocycles. The van der Waals surface area contributed by atoms with Crippen molar-refractivity contribution in [1.82, 2.24) is 13.8 Å². The van der Waals surface area contributed by atoms with E-state index in [0.717, 1.165) is 25.7 Å². The van der Waals surface area contributed by atoms with Gasteiger partial charge in [0.05, 0.1) is 4.90 Å². The van der Waals surface area contributed by atoms with Crippen molar-refractivity contribution in [3.8, 4) is 0 Å². The van der Waals surface area contributed by atoms with Crippen LogP contribution in [0.4, 0.5) is 0 Å². The number of rotatable bonds is 4. The van der Waals surface area contributed by atoms with Crippen LogP contribution < -0.4 is 0 Å². The Hall–Kier alpha value is -2.12. The van der Waals surface area contributed by atoms with Crippen molar-refractivity contribution in [2.45, 2.75) is 43.5 Å². The Balaban J connectivity index is 1.39. The van der Waals surface area contributed by atoms with E-state index < -0.39 is 10.0 Å². The average molecular weight is 416 g/mol. The van der Waals surface area contributed by atoms with Crippen molar-refractivity contribution in [1.29, 1.82) is 0 Å². The molecule has 156 valence electrons. The largest absolute Gasteiger partial charge is 0.351 e. The summed E-state index contributed by atoms with van der Waals surface area (Å²) in [5.74, 6) is 0.551. The number of aromatic nitrogens is 1. The SMILES string of the molecule is CC1CCN(S(=O)(=O)c2ccc(C(=O)N3CCC(n4cccc4)CC3)cc2)CC1. The fourth-order valence-corrected chi connectivity index (χ4v) is 5.75. The van der Waals surface area contributed by atoms with E-state index in [9.17, 15) is 13.2 Å². The Morgan fingerprint density at radius 3 is 2.07 bits per heavy atom. The third-order valence-electron chi connectivity index (χ3n) is 6.28. The maximum atomic E-state index is 12.9. The van der Waals surface area contributed by atoms with Gasteiger partial charge in [0, 0.05) is 50.2 Å². The number of benzene rings is 1. The zero-order chi connectivity index (χ0) is 20.4. The maximum absolute atomic E-state index is 12.9. The first-order valence-electron chi connectivity index (χ1n) is 10.5. The summed E-state index contributed by atoms with van der Waals surface area (Å²) >= 11 is 0. The normalized spacial score (nSPS) is 20.1. The molecule has 0 spiro atoms. The summed E-state index contributed by atoms with van der Waals surface area (Å²) < 4.78 is 29.5. The van der Waals surface area contributed by atoms with Crippen LogP contribution in [0.15, 0.2) is 53.7 Å². The molecule has 1 aromatic heterocycles. The van der Waals surface area contributed by atoms with Crippen molar-refractivity contribution in [3.05, 3.63) is 54.4 Å². The van der Waals surface area contributed by atoms with Crippen LogP contribution >= 0.6 is 0 Å². The van der Waals surface area contributed by atoms with Gasteiger partial charge in [0.2, 0.25) is 10.0 Å². The van der Waals surface area contributed by atoms with Crippen LogP contribution in [-0.2, 0) is 10.0 Å². The molecule has 0 unspecified atom stereocenters. The van der Waals surface area contributed by atoms with Crippen LogP contribution in [0.3, 0.4) is 0 Å². The highest BCUT2D eigenvalue weighted by Crippen LogP contribution is 2.26. The minimum atomic E-state index is -3.48. The van der Waals surface area contributed by atoms with E-state index in [1.54, 1.807) is 28.6 Å². The molecular weight excluding hydrogens is 386 g/mol.